The van der Waals surface area contributed by atoms with Crippen LogP contribution in [0.15, 0.2) is 48.5 Å². The highest BCUT2D eigenvalue weighted by molar-refractivity contribution is 5.99. The van der Waals surface area contributed by atoms with Crippen LogP contribution in [0, 0.1) is 6.92 Å². The van der Waals surface area contributed by atoms with E-state index in [1.54, 1.807) is 11.8 Å². The third-order valence-electron chi connectivity index (χ3n) is 5.00. The molecule has 0 radical (unpaired) electrons. The molecule has 8 nitrogen and oxygen atoms in total. The zero-order valence-corrected chi connectivity index (χ0v) is 18.3. The first kappa shape index (κ1) is 20.6. The molecule has 0 aliphatic carbocycles. The molecule has 2 aromatic heterocycles. The van der Waals surface area contributed by atoms with E-state index < -0.39 is 0 Å². The zero-order valence-electron chi connectivity index (χ0n) is 18.3. The van der Waals surface area contributed by atoms with Crippen molar-refractivity contribution >= 4 is 22.8 Å². The molecule has 0 saturated heterocycles. The number of methoxy groups -OCH3 is 1. The molecular weight excluding hydrogens is 390 g/mol. The molecule has 0 spiro atoms. The third-order valence-corrected chi connectivity index (χ3v) is 5.00. The van der Waals surface area contributed by atoms with E-state index in [1.165, 1.54) is 0 Å². The summed E-state index contributed by atoms with van der Waals surface area (Å²) in [4.78, 5) is 11.5. The summed E-state index contributed by atoms with van der Waals surface area (Å²) in [5.74, 6) is 1.76. The molecule has 2 heterocycles. The van der Waals surface area contributed by atoms with Crippen molar-refractivity contribution < 1.29 is 4.74 Å². The van der Waals surface area contributed by atoms with E-state index >= 15 is 0 Å². The lowest BCUT2D eigenvalue weighted by molar-refractivity contribution is 0.415. The number of nitrogen functional groups attached to an aromatic ring is 1. The SMILES string of the molecule is COc1cccc(-c2nc(NCCN(C)C)nc3nn(-c4cccc(C)c4)c(N)c23)c1. The summed E-state index contributed by atoms with van der Waals surface area (Å²) in [6, 6.07) is 15.8. The molecule has 8 heteroatoms. The Hall–Kier alpha value is -3.65. The highest BCUT2D eigenvalue weighted by Crippen LogP contribution is 2.34. The van der Waals surface area contributed by atoms with Crippen LogP contribution in [0.4, 0.5) is 11.8 Å². The summed E-state index contributed by atoms with van der Waals surface area (Å²) in [7, 11) is 5.70. The molecule has 0 bridgehead atoms. The molecule has 4 rings (SSSR count). The first-order valence-electron chi connectivity index (χ1n) is 10.1. The van der Waals surface area contributed by atoms with Crippen molar-refractivity contribution in [2.24, 2.45) is 0 Å². The number of nitrogens with one attached hydrogen (secondary N) is 1. The summed E-state index contributed by atoms with van der Waals surface area (Å²) in [5.41, 5.74) is 10.7. The number of aromatic nitrogens is 4. The molecule has 4 aromatic rings. The van der Waals surface area contributed by atoms with E-state index in [0.717, 1.165) is 29.1 Å². The maximum atomic E-state index is 6.58. The molecule has 2 aromatic carbocycles. The van der Waals surface area contributed by atoms with Crippen LogP contribution < -0.4 is 15.8 Å². The van der Waals surface area contributed by atoms with E-state index in [2.05, 4.69) is 15.2 Å². The molecule has 0 fully saturated rings. The third kappa shape index (κ3) is 4.29. The van der Waals surface area contributed by atoms with Gasteiger partial charge < -0.3 is 20.7 Å². The van der Waals surface area contributed by atoms with Crippen molar-refractivity contribution in [1.82, 2.24) is 24.6 Å². The van der Waals surface area contributed by atoms with Crippen molar-refractivity contribution in [3.05, 3.63) is 54.1 Å². The van der Waals surface area contributed by atoms with Crippen molar-refractivity contribution in [3.63, 3.8) is 0 Å². The Balaban J connectivity index is 1.89. The van der Waals surface area contributed by atoms with E-state index in [0.29, 0.717) is 35.0 Å². The number of hydrogen-bond donors (Lipinski definition) is 2. The largest absolute Gasteiger partial charge is 0.497 e. The van der Waals surface area contributed by atoms with Crippen LogP contribution in [-0.2, 0) is 0 Å². The van der Waals surface area contributed by atoms with Gasteiger partial charge in [-0.2, -0.15) is 4.98 Å². The molecule has 0 aliphatic rings. The van der Waals surface area contributed by atoms with E-state index in [9.17, 15) is 0 Å². The number of anilines is 2. The Kier molecular flexibility index (Phi) is 5.73. The molecule has 0 unspecified atom stereocenters. The van der Waals surface area contributed by atoms with Crippen LogP contribution in [0.25, 0.3) is 28.0 Å². The first-order valence-corrected chi connectivity index (χ1v) is 10.1. The van der Waals surface area contributed by atoms with Gasteiger partial charge in [0.1, 0.15) is 11.6 Å². The van der Waals surface area contributed by atoms with Gasteiger partial charge in [-0.1, -0.05) is 24.3 Å². The summed E-state index contributed by atoms with van der Waals surface area (Å²) >= 11 is 0. The van der Waals surface area contributed by atoms with Crippen LogP contribution in [0.1, 0.15) is 5.56 Å². The highest BCUT2D eigenvalue weighted by atomic mass is 16.5. The second-order valence-corrected chi connectivity index (χ2v) is 7.69. The molecule has 160 valence electrons. The van der Waals surface area contributed by atoms with Gasteiger partial charge in [0.15, 0.2) is 5.65 Å². The Morgan fingerprint density at radius 2 is 1.90 bits per heavy atom. The summed E-state index contributed by atoms with van der Waals surface area (Å²) in [6.07, 6.45) is 0. The van der Waals surface area contributed by atoms with Gasteiger partial charge in [0.05, 0.1) is 23.9 Å². The van der Waals surface area contributed by atoms with Gasteiger partial charge in [0.2, 0.25) is 5.95 Å². The zero-order chi connectivity index (χ0) is 22.0. The van der Waals surface area contributed by atoms with Gasteiger partial charge >= 0.3 is 0 Å². The lowest BCUT2D eigenvalue weighted by atomic mass is 10.1. The number of aryl methyl sites for hydroxylation is 1. The molecule has 0 amide bonds. The van der Waals surface area contributed by atoms with E-state index in [-0.39, 0.29) is 0 Å². The molecule has 0 saturated carbocycles. The number of ether oxygens (including phenoxy) is 1. The Labute approximate surface area is 181 Å². The van der Waals surface area contributed by atoms with Gasteiger partial charge in [-0.3, -0.25) is 0 Å². The van der Waals surface area contributed by atoms with Crippen molar-refractivity contribution in [2.45, 2.75) is 6.92 Å². The Bertz CT molecular complexity index is 1220. The maximum Gasteiger partial charge on any atom is 0.225 e. The summed E-state index contributed by atoms with van der Waals surface area (Å²) in [5, 5.41) is 8.73. The minimum absolute atomic E-state index is 0.498. The number of rotatable bonds is 7. The van der Waals surface area contributed by atoms with Gasteiger partial charge in [0.25, 0.3) is 0 Å². The second-order valence-electron chi connectivity index (χ2n) is 7.69. The topological polar surface area (TPSA) is 94.1 Å². The van der Waals surface area contributed by atoms with Crippen LogP contribution in [0.2, 0.25) is 0 Å². The van der Waals surface area contributed by atoms with Crippen molar-refractivity contribution in [2.75, 3.05) is 45.3 Å². The quantitative estimate of drug-likeness (QED) is 0.476. The molecule has 0 aliphatic heterocycles. The second kappa shape index (κ2) is 8.61. The van der Waals surface area contributed by atoms with Crippen LogP contribution in [0.3, 0.4) is 0 Å². The number of fused-ring (bicyclic) bond motifs is 1. The van der Waals surface area contributed by atoms with Crippen molar-refractivity contribution in [1.29, 1.82) is 0 Å². The standard InChI is InChI=1S/C23H27N7O/c1-15-7-5-9-17(13-15)30-21(24)19-20(16-8-6-10-18(14-16)31-4)26-23(27-22(19)28-30)25-11-12-29(2)3/h5-10,13-14H,11-12,24H2,1-4H3,(H,25,27,28). The van der Waals surface area contributed by atoms with Gasteiger partial charge in [-0.05, 0) is 50.8 Å². The normalized spacial score (nSPS) is 11.3. The number of nitrogens with two attached hydrogens (primary N) is 1. The van der Waals surface area contributed by atoms with Gasteiger partial charge in [0, 0.05) is 18.7 Å². The van der Waals surface area contributed by atoms with Crippen LogP contribution in [0.5, 0.6) is 5.75 Å². The van der Waals surface area contributed by atoms with Crippen LogP contribution >= 0.6 is 0 Å². The van der Waals surface area contributed by atoms with Crippen LogP contribution in [-0.4, -0.2) is 58.9 Å². The lowest BCUT2D eigenvalue weighted by Gasteiger charge is -2.12. The maximum absolute atomic E-state index is 6.58. The molecule has 3 N–H and O–H groups in total. The molecular formula is C23H27N7O. The highest BCUT2D eigenvalue weighted by Gasteiger charge is 2.19. The molecule has 31 heavy (non-hydrogen) atoms. The average molecular weight is 418 g/mol. The van der Waals surface area contributed by atoms with Gasteiger partial charge in [-0.25, -0.2) is 9.67 Å². The summed E-state index contributed by atoms with van der Waals surface area (Å²) in [6.45, 7) is 3.61. The average Bonchev–Trinajstić information content (AvgIpc) is 3.09. The fraction of sp³-hybridized carbons (Fsp3) is 0.261. The fourth-order valence-electron chi connectivity index (χ4n) is 3.42. The monoisotopic (exact) mass is 417 g/mol. The van der Waals surface area contributed by atoms with Crippen molar-refractivity contribution in [3.8, 4) is 22.7 Å². The fourth-order valence-corrected chi connectivity index (χ4v) is 3.42. The predicted octanol–water partition coefficient (Wildman–Crippen LogP) is 3.36. The number of hydrogen-bond acceptors (Lipinski definition) is 7. The summed E-state index contributed by atoms with van der Waals surface area (Å²) < 4.78 is 7.13. The van der Waals surface area contributed by atoms with E-state index in [4.69, 9.17) is 20.6 Å². The minimum atomic E-state index is 0.498. The van der Waals surface area contributed by atoms with Gasteiger partial charge in [-0.15, -0.1) is 5.10 Å². The molecule has 0 atom stereocenters. The minimum Gasteiger partial charge on any atom is -0.497 e. The lowest BCUT2D eigenvalue weighted by Crippen LogP contribution is -2.21. The predicted molar refractivity (Wildman–Crippen MR) is 125 cm³/mol. The van der Waals surface area contributed by atoms with E-state index in [1.807, 2.05) is 69.6 Å². The smallest absolute Gasteiger partial charge is 0.225 e. The Morgan fingerprint density at radius 3 is 2.65 bits per heavy atom. The number of likely N-dealkylation sites (N-methyl/N-ethyl adjacent to an activating group) is 1. The first-order chi connectivity index (χ1) is 15.0. The number of nitrogens with zero attached hydrogens (tertiary/aromatic N) is 5. The Morgan fingerprint density at radius 1 is 1.10 bits per heavy atom. The number of benzene rings is 2.